The molecule has 1 heterocycles. The number of nitrogens with zero attached hydrogens (tertiary/aromatic N) is 1. The van der Waals surface area contributed by atoms with Crippen molar-refractivity contribution < 1.29 is 14.3 Å². The molecular formula is C9H12FNO2. The Morgan fingerprint density at radius 3 is 2.77 bits per heavy atom. The van der Waals surface area contributed by atoms with Gasteiger partial charge in [-0.2, -0.15) is 0 Å². The van der Waals surface area contributed by atoms with Crippen LogP contribution in [-0.2, 0) is 13.5 Å². The first-order valence-electron chi connectivity index (χ1n) is 4.15. The fraction of sp³-hybridized carbons (Fsp3) is 0.444. The van der Waals surface area contributed by atoms with Crippen LogP contribution in [-0.4, -0.2) is 15.6 Å². The predicted molar refractivity (Wildman–Crippen MR) is 46.3 cm³/mol. The molecule has 0 aliphatic carbocycles. The van der Waals surface area contributed by atoms with Crippen molar-refractivity contribution in [3.05, 3.63) is 23.3 Å². The van der Waals surface area contributed by atoms with Crippen molar-refractivity contribution in [3.63, 3.8) is 0 Å². The third-order valence-corrected chi connectivity index (χ3v) is 1.94. The molecule has 0 spiro atoms. The van der Waals surface area contributed by atoms with Gasteiger partial charge in [0.15, 0.2) is 0 Å². The van der Waals surface area contributed by atoms with Crippen LogP contribution < -0.4 is 0 Å². The summed E-state index contributed by atoms with van der Waals surface area (Å²) < 4.78 is 14.4. The average molecular weight is 185 g/mol. The van der Waals surface area contributed by atoms with E-state index in [1.54, 1.807) is 0 Å². The Kier molecular flexibility index (Phi) is 2.70. The number of aromatic nitrogens is 1. The van der Waals surface area contributed by atoms with Gasteiger partial charge in [-0.05, 0) is 6.42 Å². The molecular weight excluding hydrogens is 173 g/mol. The highest BCUT2D eigenvalue weighted by Gasteiger charge is 2.18. The molecule has 0 aromatic carbocycles. The SMILES string of the molecule is CCCc1c(F)cn(C)c1C(=O)O. The highest BCUT2D eigenvalue weighted by Crippen LogP contribution is 2.17. The Labute approximate surface area is 75.8 Å². The van der Waals surface area contributed by atoms with Crippen LogP contribution in [0.5, 0.6) is 0 Å². The molecule has 0 fully saturated rings. The summed E-state index contributed by atoms with van der Waals surface area (Å²) >= 11 is 0. The van der Waals surface area contributed by atoms with E-state index < -0.39 is 11.8 Å². The molecule has 0 saturated carbocycles. The Hall–Kier alpha value is -1.32. The lowest BCUT2D eigenvalue weighted by molar-refractivity contribution is 0.0685. The molecule has 72 valence electrons. The predicted octanol–water partition coefficient (Wildman–Crippen LogP) is 1.81. The van der Waals surface area contributed by atoms with Crippen LogP contribution >= 0.6 is 0 Å². The first-order chi connectivity index (χ1) is 6.07. The third-order valence-electron chi connectivity index (χ3n) is 1.94. The lowest BCUT2D eigenvalue weighted by Gasteiger charge is -2.00. The van der Waals surface area contributed by atoms with Crippen LogP contribution in [0.15, 0.2) is 6.20 Å². The Morgan fingerprint density at radius 2 is 2.31 bits per heavy atom. The van der Waals surface area contributed by atoms with E-state index in [2.05, 4.69) is 0 Å². The van der Waals surface area contributed by atoms with Gasteiger partial charge in [0.05, 0.1) is 0 Å². The summed E-state index contributed by atoms with van der Waals surface area (Å²) in [5.41, 5.74) is 0.358. The molecule has 0 aliphatic rings. The normalized spacial score (nSPS) is 10.4. The lowest BCUT2D eigenvalue weighted by atomic mass is 10.1. The largest absolute Gasteiger partial charge is 0.477 e. The van der Waals surface area contributed by atoms with Gasteiger partial charge < -0.3 is 9.67 Å². The quantitative estimate of drug-likeness (QED) is 0.780. The van der Waals surface area contributed by atoms with Gasteiger partial charge in [-0.15, -0.1) is 0 Å². The number of carbonyl (C=O) groups is 1. The molecule has 0 aliphatic heterocycles. The molecule has 0 bridgehead atoms. The minimum atomic E-state index is -1.07. The van der Waals surface area contributed by atoms with Crippen LogP contribution in [0.2, 0.25) is 0 Å². The van der Waals surface area contributed by atoms with Crippen molar-refractivity contribution >= 4 is 5.97 Å². The minimum Gasteiger partial charge on any atom is -0.477 e. The fourth-order valence-electron chi connectivity index (χ4n) is 1.41. The lowest BCUT2D eigenvalue weighted by Crippen LogP contribution is -2.07. The van der Waals surface area contributed by atoms with E-state index in [4.69, 9.17) is 5.11 Å². The Balaban J connectivity index is 3.20. The summed E-state index contributed by atoms with van der Waals surface area (Å²) in [4.78, 5) is 10.7. The number of rotatable bonds is 3. The van der Waals surface area contributed by atoms with Crippen LogP contribution in [0, 0.1) is 5.82 Å². The summed E-state index contributed by atoms with van der Waals surface area (Å²) in [6, 6.07) is 0. The van der Waals surface area contributed by atoms with Gasteiger partial charge in [0.1, 0.15) is 11.5 Å². The van der Waals surface area contributed by atoms with Crippen molar-refractivity contribution in [2.24, 2.45) is 7.05 Å². The second kappa shape index (κ2) is 3.60. The summed E-state index contributed by atoms with van der Waals surface area (Å²) in [5.74, 6) is -1.50. The smallest absolute Gasteiger partial charge is 0.352 e. The topological polar surface area (TPSA) is 42.2 Å². The Bertz CT molecular complexity index is 331. The zero-order valence-corrected chi connectivity index (χ0v) is 7.67. The van der Waals surface area contributed by atoms with Gasteiger partial charge in [-0.1, -0.05) is 13.3 Å². The maximum Gasteiger partial charge on any atom is 0.352 e. The standard InChI is InChI=1S/C9H12FNO2/c1-3-4-6-7(10)5-11(2)8(6)9(12)13/h5H,3-4H2,1-2H3,(H,12,13). The van der Waals surface area contributed by atoms with E-state index in [-0.39, 0.29) is 5.69 Å². The zero-order valence-electron chi connectivity index (χ0n) is 7.67. The van der Waals surface area contributed by atoms with Crippen LogP contribution in [0.1, 0.15) is 29.4 Å². The van der Waals surface area contributed by atoms with Gasteiger partial charge in [0.25, 0.3) is 0 Å². The molecule has 3 nitrogen and oxygen atoms in total. The first kappa shape index (κ1) is 9.77. The van der Waals surface area contributed by atoms with Gasteiger partial charge in [-0.25, -0.2) is 9.18 Å². The number of carboxylic acids is 1. The molecule has 1 N–H and O–H groups in total. The minimum absolute atomic E-state index is 0.0550. The summed E-state index contributed by atoms with van der Waals surface area (Å²) in [6.07, 6.45) is 2.41. The summed E-state index contributed by atoms with van der Waals surface area (Å²) in [6.45, 7) is 1.89. The van der Waals surface area contributed by atoms with Gasteiger partial charge in [0, 0.05) is 18.8 Å². The van der Waals surface area contributed by atoms with Crippen molar-refractivity contribution in [2.75, 3.05) is 0 Å². The molecule has 0 radical (unpaired) electrons. The summed E-state index contributed by atoms with van der Waals surface area (Å²) in [7, 11) is 1.53. The number of carboxylic acid groups (broad SMARTS) is 1. The second-order valence-corrected chi connectivity index (χ2v) is 2.97. The van der Waals surface area contributed by atoms with E-state index in [9.17, 15) is 9.18 Å². The molecule has 0 amide bonds. The van der Waals surface area contributed by atoms with Gasteiger partial charge in [-0.3, -0.25) is 0 Å². The molecule has 4 heteroatoms. The molecule has 0 saturated heterocycles. The molecule has 0 unspecified atom stereocenters. The Morgan fingerprint density at radius 1 is 1.69 bits per heavy atom. The van der Waals surface area contributed by atoms with Crippen LogP contribution in [0.4, 0.5) is 4.39 Å². The van der Waals surface area contributed by atoms with Crippen molar-refractivity contribution in [1.82, 2.24) is 4.57 Å². The zero-order chi connectivity index (χ0) is 10.0. The second-order valence-electron chi connectivity index (χ2n) is 2.97. The van der Waals surface area contributed by atoms with Crippen molar-refractivity contribution in [1.29, 1.82) is 0 Å². The van der Waals surface area contributed by atoms with E-state index in [0.29, 0.717) is 12.0 Å². The van der Waals surface area contributed by atoms with Crippen LogP contribution in [0.3, 0.4) is 0 Å². The number of aromatic carboxylic acids is 1. The first-order valence-corrected chi connectivity index (χ1v) is 4.15. The van der Waals surface area contributed by atoms with E-state index in [0.717, 1.165) is 6.42 Å². The van der Waals surface area contributed by atoms with Crippen LogP contribution in [0.25, 0.3) is 0 Å². The average Bonchev–Trinajstić information content (AvgIpc) is 2.27. The monoisotopic (exact) mass is 185 g/mol. The summed E-state index contributed by atoms with van der Waals surface area (Å²) in [5, 5.41) is 8.80. The van der Waals surface area contributed by atoms with Gasteiger partial charge in [0.2, 0.25) is 0 Å². The number of hydrogen-bond donors (Lipinski definition) is 1. The van der Waals surface area contributed by atoms with E-state index >= 15 is 0 Å². The highest BCUT2D eigenvalue weighted by molar-refractivity contribution is 5.87. The molecule has 13 heavy (non-hydrogen) atoms. The molecule has 1 aromatic rings. The van der Waals surface area contributed by atoms with Gasteiger partial charge >= 0.3 is 5.97 Å². The maximum atomic E-state index is 13.1. The number of aryl methyl sites for hydroxylation is 1. The van der Waals surface area contributed by atoms with E-state index in [1.165, 1.54) is 17.8 Å². The fourth-order valence-corrected chi connectivity index (χ4v) is 1.41. The third kappa shape index (κ3) is 1.71. The number of hydrogen-bond acceptors (Lipinski definition) is 1. The highest BCUT2D eigenvalue weighted by atomic mass is 19.1. The molecule has 1 aromatic heterocycles. The number of halogens is 1. The van der Waals surface area contributed by atoms with E-state index in [1.807, 2.05) is 6.92 Å². The maximum absolute atomic E-state index is 13.1. The molecule has 1 rings (SSSR count). The molecule has 0 atom stereocenters. The van der Waals surface area contributed by atoms with Crippen molar-refractivity contribution in [2.45, 2.75) is 19.8 Å². The van der Waals surface area contributed by atoms with Crippen molar-refractivity contribution in [3.8, 4) is 0 Å².